The number of rotatable bonds is 4. The lowest BCUT2D eigenvalue weighted by Crippen LogP contribution is -2.46. The first-order valence-electron chi connectivity index (χ1n) is 7.62. The van der Waals surface area contributed by atoms with Crippen LogP contribution in [0.4, 0.5) is 0 Å². The van der Waals surface area contributed by atoms with E-state index in [9.17, 15) is 0 Å². The summed E-state index contributed by atoms with van der Waals surface area (Å²) in [4.78, 5) is 2.36. The zero-order valence-electron chi connectivity index (χ0n) is 12.4. The van der Waals surface area contributed by atoms with Crippen LogP contribution in [0.1, 0.15) is 25.7 Å². The Bertz CT molecular complexity index is 569. The van der Waals surface area contributed by atoms with Crippen LogP contribution in [-0.4, -0.2) is 34.2 Å². The van der Waals surface area contributed by atoms with Gasteiger partial charge >= 0.3 is 0 Å². The van der Waals surface area contributed by atoms with Crippen molar-refractivity contribution in [2.45, 2.75) is 32.4 Å². The molecular formula is C16H22N4O. The summed E-state index contributed by atoms with van der Waals surface area (Å²) >= 11 is 0. The van der Waals surface area contributed by atoms with Crippen LogP contribution in [0.25, 0.3) is 11.5 Å². The molecule has 0 spiro atoms. The maximum atomic E-state index is 6.15. The van der Waals surface area contributed by atoms with Crippen molar-refractivity contribution >= 4 is 0 Å². The molecule has 112 valence electrons. The molecular weight excluding hydrogens is 264 g/mol. The van der Waals surface area contributed by atoms with Gasteiger partial charge in [0, 0.05) is 24.7 Å². The second-order valence-corrected chi connectivity index (χ2v) is 5.72. The van der Waals surface area contributed by atoms with Crippen molar-refractivity contribution in [1.82, 2.24) is 15.1 Å². The van der Waals surface area contributed by atoms with Gasteiger partial charge in [-0.25, -0.2) is 0 Å². The molecule has 1 aliphatic rings. The van der Waals surface area contributed by atoms with Crippen LogP contribution in [0.15, 0.2) is 34.7 Å². The number of hydrogen-bond acceptors (Lipinski definition) is 5. The highest BCUT2D eigenvalue weighted by Crippen LogP contribution is 2.22. The van der Waals surface area contributed by atoms with E-state index >= 15 is 0 Å². The molecule has 2 unspecified atom stereocenters. The Balaban J connectivity index is 1.65. The van der Waals surface area contributed by atoms with Crippen LogP contribution >= 0.6 is 0 Å². The molecule has 1 aromatic heterocycles. The highest BCUT2D eigenvalue weighted by molar-refractivity contribution is 5.51. The molecule has 0 saturated carbocycles. The highest BCUT2D eigenvalue weighted by Gasteiger charge is 2.26. The Hall–Kier alpha value is -1.72. The van der Waals surface area contributed by atoms with Gasteiger partial charge in [-0.05, 0) is 24.5 Å². The summed E-state index contributed by atoms with van der Waals surface area (Å²) in [6, 6.07) is 10.2. The minimum atomic E-state index is 0.328. The summed E-state index contributed by atoms with van der Waals surface area (Å²) in [7, 11) is 0. The zero-order valence-corrected chi connectivity index (χ0v) is 12.4. The van der Waals surface area contributed by atoms with Crippen molar-refractivity contribution in [2.24, 2.45) is 11.7 Å². The van der Waals surface area contributed by atoms with Crippen LogP contribution in [0, 0.1) is 5.92 Å². The van der Waals surface area contributed by atoms with Crippen molar-refractivity contribution in [1.29, 1.82) is 0 Å². The molecule has 2 N–H and O–H groups in total. The third-order valence-electron chi connectivity index (χ3n) is 4.25. The zero-order chi connectivity index (χ0) is 14.7. The third kappa shape index (κ3) is 3.31. The van der Waals surface area contributed by atoms with Crippen molar-refractivity contribution < 1.29 is 4.42 Å². The SMILES string of the molecule is CCC1CN(Cc2nnc(-c3ccccc3)o2)CCC1N. The Kier molecular flexibility index (Phi) is 4.31. The van der Waals surface area contributed by atoms with Gasteiger partial charge in [0.2, 0.25) is 11.8 Å². The minimum absolute atomic E-state index is 0.328. The molecule has 3 rings (SSSR count). The number of hydrogen-bond donors (Lipinski definition) is 1. The standard InChI is InChI=1S/C16H22N4O/c1-2-12-10-20(9-8-14(12)17)11-15-18-19-16(21-15)13-6-4-3-5-7-13/h3-7,12,14H,2,8-11,17H2,1H3. The molecule has 0 bridgehead atoms. The minimum Gasteiger partial charge on any atom is -0.419 e. The summed E-state index contributed by atoms with van der Waals surface area (Å²) in [5.41, 5.74) is 7.11. The first-order valence-corrected chi connectivity index (χ1v) is 7.62. The number of nitrogens with two attached hydrogens (primary N) is 1. The fraction of sp³-hybridized carbons (Fsp3) is 0.500. The second kappa shape index (κ2) is 6.37. The highest BCUT2D eigenvalue weighted by atomic mass is 16.4. The maximum absolute atomic E-state index is 6.15. The van der Waals surface area contributed by atoms with Gasteiger partial charge in [0.1, 0.15) is 0 Å². The van der Waals surface area contributed by atoms with Crippen LogP contribution < -0.4 is 5.73 Å². The van der Waals surface area contributed by atoms with Gasteiger partial charge in [-0.1, -0.05) is 31.5 Å². The molecule has 1 fully saturated rings. The van der Waals surface area contributed by atoms with Crippen LogP contribution in [0.3, 0.4) is 0 Å². The van der Waals surface area contributed by atoms with Crippen molar-refractivity contribution in [3.63, 3.8) is 0 Å². The lowest BCUT2D eigenvalue weighted by Gasteiger charge is -2.35. The Labute approximate surface area is 125 Å². The number of benzene rings is 1. The number of aromatic nitrogens is 2. The monoisotopic (exact) mass is 286 g/mol. The van der Waals surface area contributed by atoms with Crippen LogP contribution in [0.5, 0.6) is 0 Å². The van der Waals surface area contributed by atoms with Crippen molar-refractivity contribution in [3.8, 4) is 11.5 Å². The number of piperidine rings is 1. The van der Waals surface area contributed by atoms with Gasteiger partial charge in [0.15, 0.2) is 0 Å². The summed E-state index contributed by atoms with van der Waals surface area (Å²) < 4.78 is 5.77. The molecule has 0 amide bonds. The lowest BCUT2D eigenvalue weighted by molar-refractivity contribution is 0.135. The van der Waals surface area contributed by atoms with E-state index in [1.807, 2.05) is 30.3 Å². The lowest BCUT2D eigenvalue weighted by atomic mass is 9.91. The van der Waals surface area contributed by atoms with Gasteiger partial charge < -0.3 is 10.2 Å². The second-order valence-electron chi connectivity index (χ2n) is 5.72. The summed E-state index contributed by atoms with van der Waals surface area (Å²) in [5, 5.41) is 8.31. The van der Waals surface area contributed by atoms with E-state index in [0.29, 0.717) is 30.3 Å². The van der Waals surface area contributed by atoms with Gasteiger partial charge in [0.25, 0.3) is 0 Å². The van der Waals surface area contributed by atoms with E-state index in [2.05, 4.69) is 22.0 Å². The summed E-state index contributed by atoms with van der Waals surface area (Å²) in [6.45, 7) is 4.93. The average Bonchev–Trinajstić information content (AvgIpc) is 2.98. The molecule has 1 saturated heterocycles. The molecule has 5 heteroatoms. The molecule has 2 heterocycles. The molecule has 0 radical (unpaired) electrons. The van der Waals surface area contributed by atoms with Gasteiger partial charge in [-0.2, -0.15) is 0 Å². The van der Waals surface area contributed by atoms with E-state index in [-0.39, 0.29) is 0 Å². The van der Waals surface area contributed by atoms with E-state index in [1.165, 1.54) is 0 Å². The number of nitrogens with zero attached hydrogens (tertiary/aromatic N) is 3. The van der Waals surface area contributed by atoms with Crippen molar-refractivity contribution in [3.05, 3.63) is 36.2 Å². The van der Waals surface area contributed by atoms with Gasteiger partial charge in [-0.15, -0.1) is 10.2 Å². The molecule has 1 aromatic carbocycles. The molecule has 5 nitrogen and oxygen atoms in total. The molecule has 21 heavy (non-hydrogen) atoms. The first kappa shape index (κ1) is 14.2. The van der Waals surface area contributed by atoms with Crippen LogP contribution in [0.2, 0.25) is 0 Å². The Morgan fingerprint density at radius 2 is 2.10 bits per heavy atom. The fourth-order valence-electron chi connectivity index (χ4n) is 2.91. The maximum Gasteiger partial charge on any atom is 0.247 e. The third-order valence-corrected chi connectivity index (χ3v) is 4.25. The summed E-state index contributed by atoms with van der Waals surface area (Å²) in [5.74, 6) is 1.83. The quantitative estimate of drug-likeness (QED) is 0.934. The Morgan fingerprint density at radius 1 is 1.29 bits per heavy atom. The van der Waals surface area contributed by atoms with Crippen molar-refractivity contribution in [2.75, 3.05) is 13.1 Å². The normalized spacial score (nSPS) is 23.3. The number of likely N-dealkylation sites (tertiary alicyclic amines) is 1. The average molecular weight is 286 g/mol. The molecule has 2 atom stereocenters. The van der Waals surface area contributed by atoms with Gasteiger partial charge in [0.05, 0.1) is 6.54 Å². The van der Waals surface area contributed by atoms with E-state index in [1.54, 1.807) is 0 Å². The predicted molar refractivity (Wildman–Crippen MR) is 81.4 cm³/mol. The van der Waals surface area contributed by atoms with Crippen LogP contribution in [-0.2, 0) is 6.54 Å². The molecule has 2 aromatic rings. The van der Waals surface area contributed by atoms with E-state index < -0.39 is 0 Å². The predicted octanol–water partition coefficient (Wildman–Crippen LogP) is 2.30. The Morgan fingerprint density at radius 3 is 2.86 bits per heavy atom. The topological polar surface area (TPSA) is 68.2 Å². The molecule has 1 aliphatic heterocycles. The van der Waals surface area contributed by atoms with Gasteiger partial charge in [-0.3, -0.25) is 4.90 Å². The largest absolute Gasteiger partial charge is 0.419 e. The molecule has 0 aliphatic carbocycles. The van der Waals surface area contributed by atoms with E-state index in [0.717, 1.165) is 31.5 Å². The summed E-state index contributed by atoms with van der Waals surface area (Å²) in [6.07, 6.45) is 2.16. The first-order chi connectivity index (χ1) is 10.3. The fourth-order valence-corrected chi connectivity index (χ4v) is 2.91. The smallest absolute Gasteiger partial charge is 0.247 e. The van der Waals surface area contributed by atoms with E-state index in [4.69, 9.17) is 10.2 Å².